The minimum atomic E-state index is -0.312. The fourth-order valence-electron chi connectivity index (χ4n) is 2.31. The van der Waals surface area contributed by atoms with E-state index in [2.05, 4.69) is 15.1 Å². The van der Waals surface area contributed by atoms with Crippen molar-refractivity contribution < 1.29 is 8.91 Å². The third-order valence-corrected chi connectivity index (χ3v) is 3.41. The predicted octanol–water partition coefficient (Wildman–Crippen LogP) is 3.41. The summed E-state index contributed by atoms with van der Waals surface area (Å²) in [6.07, 6.45) is 0.570. The monoisotopic (exact) mass is 308 g/mol. The van der Waals surface area contributed by atoms with Crippen molar-refractivity contribution >= 4 is 22.6 Å². The first-order valence-electron chi connectivity index (χ1n) is 6.63. The normalized spacial score (nSPS) is 13.0. The van der Waals surface area contributed by atoms with Gasteiger partial charge in [-0.25, -0.2) is 9.37 Å². The highest BCUT2D eigenvalue weighted by Gasteiger charge is 2.16. The number of alkyl halides is 1. The van der Waals surface area contributed by atoms with Crippen LogP contribution in [0.5, 0.6) is 0 Å². The Labute approximate surface area is 125 Å². The zero-order chi connectivity index (χ0) is 15.0. The van der Waals surface area contributed by atoms with E-state index in [1.165, 1.54) is 12.1 Å². The number of imidazole rings is 1. The molecule has 21 heavy (non-hydrogen) atoms. The third-order valence-electron chi connectivity index (χ3n) is 3.21. The van der Waals surface area contributed by atoms with Crippen LogP contribution in [0.3, 0.4) is 0 Å². The molecule has 0 aliphatic rings. The summed E-state index contributed by atoms with van der Waals surface area (Å²) in [4.78, 5) is 8.59. The molecule has 1 unspecified atom stereocenters. The van der Waals surface area contributed by atoms with Gasteiger partial charge in [0.25, 0.3) is 0 Å². The van der Waals surface area contributed by atoms with Crippen LogP contribution < -0.4 is 0 Å². The van der Waals surface area contributed by atoms with Crippen LogP contribution in [0.25, 0.3) is 11.0 Å². The SMILES string of the molecule is Cc1noc(CCn2c(C(C)Cl)nc3cc(F)ccc32)n1. The number of hydrogen-bond acceptors (Lipinski definition) is 4. The van der Waals surface area contributed by atoms with Crippen molar-refractivity contribution in [2.75, 3.05) is 0 Å². The maximum absolute atomic E-state index is 13.3. The number of aryl methyl sites for hydroxylation is 3. The summed E-state index contributed by atoms with van der Waals surface area (Å²) in [5.41, 5.74) is 1.44. The van der Waals surface area contributed by atoms with E-state index in [1.54, 1.807) is 13.0 Å². The van der Waals surface area contributed by atoms with E-state index in [9.17, 15) is 4.39 Å². The summed E-state index contributed by atoms with van der Waals surface area (Å²) >= 11 is 6.18. The predicted molar refractivity (Wildman–Crippen MR) is 76.7 cm³/mol. The van der Waals surface area contributed by atoms with Crippen LogP contribution in [0.4, 0.5) is 4.39 Å². The van der Waals surface area contributed by atoms with Crippen LogP contribution in [0, 0.1) is 12.7 Å². The Balaban J connectivity index is 1.97. The second kappa shape index (κ2) is 5.44. The smallest absolute Gasteiger partial charge is 0.228 e. The van der Waals surface area contributed by atoms with Gasteiger partial charge in [0, 0.05) is 19.0 Å². The number of fused-ring (bicyclic) bond motifs is 1. The van der Waals surface area contributed by atoms with E-state index < -0.39 is 0 Å². The Morgan fingerprint density at radius 2 is 2.19 bits per heavy atom. The standard InChI is InChI=1S/C14H14ClFN4O/c1-8(15)14-18-11-7-10(16)3-4-12(11)20(14)6-5-13-17-9(2)19-21-13/h3-4,7-8H,5-6H2,1-2H3. The van der Waals surface area contributed by atoms with Gasteiger partial charge in [0.15, 0.2) is 5.82 Å². The largest absolute Gasteiger partial charge is 0.339 e. The molecule has 0 aliphatic heterocycles. The second-order valence-corrected chi connectivity index (χ2v) is 5.51. The minimum absolute atomic E-state index is 0.273. The lowest BCUT2D eigenvalue weighted by molar-refractivity contribution is 0.368. The van der Waals surface area contributed by atoms with Crippen molar-refractivity contribution in [3.8, 4) is 0 Å². The Morgan fingerprint density at radius 1 is 1.38 bits per heavy atom. The number of rotatable bonds is 4. The molecule has 2 aromatic heterocycles. The van der Waals surface area contributed by atoms with E-state index in [-0.39, 0.29) is 11.2 Å². The summed E-state index contributed by atoms with van der Waals surface area (Å²) in [5, 5.41) is 3.49. The lowest BCUT2D eigenvalue weighted by Gasteiger charge is -2.09. The summed E-state index contributed by atoms with van der Waals surface area (Å²) < 4.78 is 20.4. The molecule has 110 valence electrons. The molecular weight excluding hydrogens is 295 g/mol. The maximum Gasteiger partial charge on any atom is 0.228 e. The molecule has 1 aromatic carbocycles. The fourth-order valence-corrected chi connectivity index (χ4v) is 2.48. The van der Waals surface area contributed by atoms with Gasteiger partial charge in [-0.3, -0.25) is 0 Å². The summed E-state index contributed by atoms with van der Waals surface area (Å²) in [5.74, 6) is 1.56. The Morgan fingerprint density at radius 3 is 2.86 bits per heavy atom. The molecule has 0 radical (unpaired) electrons. The third kappa shape index (κ3) is 2.76. The van der Waals surface area contributed by atoms with Gasteiger partial charge in [-0.1, -0.05) is 5.16 Å². The number of benzene rings is 1. The van der Waals surface area contributed by atoms with E-state index >= 15 is 0 Å². The molecule has 1 atom stereocenters. The number of aromatic nitrogens is 4. The number of halogens is 2. The summed E-state index contributed by atoms with van der Waals surface area (Å²) in [6, 6.07) is 4.53. The van der Waals surface area contributed by atoms with Gasteiger partial charge in [0.2, 0.25) is 5.89 Å². The molecule has 0 aliphatic carbocycles. The fraction of sp³-hybridized carbons (Fsp3) is 0.357. The van der Waals surface area contributed by atoms with Gasteiger partial charge in [-0.05, 0) is 26.0 Å². The van der Waals surface area contributed by atoms with Crippen LogP contribution >= 0.6 is 11.6 Å². The molecule has 2 heterocycles. The van der Waals surface area contributed by atoms with Gasteiger partial charge >= 0.3 is 0 Å². The first kappa shape index (κ1) is 14.0. The van der Waals surface area contributed by atoms with Gasteiger partial charge in [0.1, 0.15) is 11.6 Å². The highest BCUT2D eigenvalue weighted by Crippen LogP contribution is 2.25. The van der Waals surface area contributed by atoms with Crippen LogP contribution in [0.1, 0.15) is 29.8 Å². The lowest BCUT2D eigenvalue weighted by atomic mass is 10.3. The van der Waals surface area contributed by atoms with E-state index in [0.717, 1.165) is 5.52 Å². The molecule has 0 fully saturated rings. The van der Waals surface area contributed by atoms with Gasteiger partial charge in [0.05, 0.1) is 16.4 Å². The molecule has 5 nitrogen and oxygen atoms in total. The molecule has 3 aromatic rings. The van der Waals surface area contributed by atoms with E-state index in [0.29, 0.717) is 36.0 Å². The highest BCUT2D eigenvalue weighted by molar-refractivity contribution is 6.20. The average Bonchev–Trinajstić information content (AvgIpc) is 2.99. The van der Waals surface area contributed by atoms with Crippen molar-refractivity contribution in [2.24, 2.45) is 0 Å². The van der Waals surface area contributed by atoms with Gasteiger partial charge in [-0.2, -0.15) is 4.98 Å². The minimum Gasteiger partial charge on any atom is -0.339 e. The van der Waals surface area contributed by atoms with Crippen molar-refractivity contribution in [3.05, 3.63) is 41.6 Å². The Bertz CT molecular complexity index is 780. The van der Waals surface area contributed by atoms with E-state index in [4.69, 9.17) is 16.1 Å². The van der Waals surface area contributed by atoms with Crippen molar-refractivity contribution in [3.63, 3.8) is 0 Å². The van der Waals surface area contributed by atoms with Crippen LogP contribution in [0.15, 0.2) is 22.7 Å². The topological polar surface area (TPSA) is 56.7 Å². The average molecular weight is 309 g/mol. The van der Waals surface area contributed by atoms with E-state index in [1.807, 2.05) is 11.5 Å². The van der Waals surface area contributed by atoms with Crippen LogP contribution in [-0.4, -0.2) is 19.7 Å². The molecule has 0 saturated carbocycles. The lowest BCUT2D eigenvalue weighted by Crippen LogP contribution is -2.07. The number of hydrogen-bond donors (Lipinski definition) is 0. The maximum atomic E-state index is 13.3. The van der Waals surface area contributed by atoms with Crippen molar-refractivity contribution in [1.82, 2.24) is 19.7 Å². The first-order chi connectivity index (χ1) is 10.0. The molecule has 0 saturated heterocycles. The molecule has 7 heteroatoms. The molecule has 0 bridgehead atoms. The van der Waals surface area contributed by atoms with Gasteiger partial charge < -0.3 is 9.09 Å². The Kier molecular flexibility index (Phi) is 3.63. The zero-order valence-corrected chi connectivity index (χ0v) is 12.4. The highest BCUT2D eigenvalue weighted by atomic mass is 35.5. The quantitative estimate of drug-likeness (QED) is 0.693. The molecular formula is C14H14ClFN4O. The second-order valence-electron chi connectivity index (χ2n) is 4.86. The molecule has 0 N–H and O–H groups in total. The summed E-state index contributed by atoms with van der Waals surface area (Å²) in [7, 11) is 0. The zero-order valence-electron chi connectivity index (χ0n) is 11.7. The van der Waals surface area contributed by atoms with Crippen LogP contribution in [-0.2, 0) is 13.0 Å². The molecule has 0 spiro atoms. The summed E-state index contributed by atoms with van der Waals surface area (Å²) in [6.45, 7) is 4.21. The number of nitrogens with zero attached hydrogens (tertiary/aromatic N) is 4. The Hall–Kier alpha value is -1.95. The van der Waals surface area contributed by atoms with Crippen molar-refractivity contribution in [1.29, 1.82) is 0 Å². The van der Waals surface area contributed by atoms with Crippen molar-refractivity contribution in [2.45, 2.75) is 32.2 Å². The first-order valence-corrected chi connectivity index (χ1v) is 7.07. The molecule has 3 rings (SSSR count). The van der Waals surface area contributed by atoms with Crippen LogP contribution in [0.2, 0.25) is 0 Å². The van der Waals surface area contributed by atoms with Gasteiger partial charge in [-0.15, -0.1) is 11.6 Å². The molecule has 0 amide bonds.